The SMILES string of the molecule is Cn1ncc2c(NC3CC4(COC4)C3)nc(NC[C@H](N)c3ccccc3)nc21. The number of fused-ring (bicyclic) bond motifs is 1. The normalized spacial score (nSPS) is 19.2. The lowest BCUT2D eigenvalue weighted by Gasteiger charge is -2.53. The smallest absolute Gasteiger partial charge is 0.226 e. The first-order chi connectivity index (χ1) is 13.6. The van der Waals surface area contributed by atoms with Gasteiger partial charge in [0.05, 0.1) is 24.8 Å². The fourth-order valence-electron chi connectivity index (χ4n) is 4.14. The van der Waals surface area contributed by atoms with Gasteiger partial charge >= 0.3 is 0 Å². The van der Waals surface area contributed by atoms with Crippen LogP contribution in [0.5, 0.6) is 0 Å². The van der Waals surface area contributed by atoms with Crippen molar-refractivity contribution in [2.45, 2.75) is 24.9 Å². The van der Waals surface area contributed by atoms with Crippen LogP contribution in [0.25, 0.3) is 11.0 Å². The Hall–Kier alpha value is -2.71. The highest BCUT2D eigenvalue weighted by Crippen LogP contribution is 2.48. The molecule has 2 aromatic heterocycles. The van der Waals surface area contributed by atoms with E-state index in [-0.39, 0.29) is 6.04 Å². The molecule has 2 aliphatic rings. The Kier molecular flexibility index (Phi) is 4.17. The fraction of sp³-hybridized carbons (Fsp3) is 0.450. The molecule has 3 heterocycles. The Labute approximate surface area is 163 Å². The summed E-state index contributed by atoms with van der Waals surface area (Å²) in [5.41, 5.74) is 8.59. The molecule has 3 aromatic rings. The van der Waals surface area contributed by atoms with E-state index in [0.717, 1.165) is 48.5 Å². The highest BCUT2D eigenvalue weighted by molar-refractivity contribution is 5.87. The summed E-state index contributed by atoms with van der Waals surface area (Å²) in [5, 5.41) is 12.2. The van der Waals surface area contributed by atoms with Gasteiger partial charge in [0, 0.05) is 31.1 Å². The quantitative estimate of drug-likeness (QED) is 0.602. The number of hydrogen-bond acceptors (Lipinski definition) is 7. The Balaban J connectivity index is 1.33. The number of aromatic nitrogens is 4. The summed E-state index contributed by atoms with van der Waals surface area (Å²) in [5.74, 6) is 1.39. The van der Waals surface area contributed by atoms with Gasteiger partial charge in [-0.2, -0.15) is 15.1 Å². The van der Waals surface area contributed by atoms with Crippen LogP contribution >= 0.6 is 0 Å². The van der Waals surface area contributed by atoms with Gasteiger partial charge in [0.1, 0.15) is 5.82 Å². The molecular weight excluding hydrogens is 354 g/mol. The average Bonchev–Trinajstić information content (AvgIpc) is 3.02. The summed E-state index contributed by atoms with van der Waals surface area (Å²) < 4.78 is 7.14. The first-order valence-corrected chi connectivity index (χ1v) is 9.70. The van der Waals surface area contributed by atoms with Gasteiger partial charge in [-0.05, 0) is 18.4 Å². The predicted octanol–water partition coefficient (Wildman–Crippen LogP) is 2.07. The second kappa shape index (κ2) is 6.72. The van der Waals surface area contributed by atoms with Crippen LogP contribution in [0.1, 0.15) is 24.4 Å². The largest absolute Gasteiger partial charge is 0.380 e. The second-order valence-corrected chi connectivity index (χ2v) is 8.04. The number of hydrogen-bond donors (Lipinski definition) is 3. The molecule has 28 heavy (non-hydrogen) atoms. The van der Waals surface area contributed by atoms with E-state index in [1.165, 1.54) is 0 Å². The van der Waals surface area contributed by atoms with E-state index in [9.17, 15) is 0 Å². The number of nitrogens with one attached hydrogen (secondary N) is 2. The van der Waals surface area contributed by atoms with Crippen molar-refractivity contribution in [3.05, 3.63) is 42.1 Å². The molecule has 1 atom stereocenters. The Morgan fingerprint density at radius 2 is 2.04 bits per heavy atom. The maximum atomic E-state index is 6.30. The van der Waals surface area contributed by atoms with Crippen molar-refractivity contribution in [1.29, 1.82) is 0 Å². The van der Waals surface area contributed by atoms with Crippen LogP contribution in [-0.4, -0.2) is 45.5 Å². The Morgan fingerprint density at radius 1 is 1.25 bits per heavy atom. The maximum absolute atomic E-state index is 6.30. The van der Waals surface area contributed by atoms with E-state index in [0.29, 0.717) is 23.9 Å². The molecule has 1 saturated heterocycles. The molecule has 1 aliphatic heterocycles. The second-order valence-electron chi connectivity index (χ2n) is 8.04. The van der Waals surface area contributed by atoms with Crippen molar-refractivity contribution in [3.8, 4) is 0 Å². The first-order valence-electron chi connectivity index (χ1n) is 9.70. The van der Waals surface area contributed by atoms with Crippen LogP contribution in [0.2, 0.25) is 0 Å². The molecule has 1 spiro atoms. The number of nitrogens with zero attached hydrogens (tertiary/aromatic N) is 4. The van der Waals surface area contributed by atoms with Gasteiger partial charge in [-0.25, -0.2) is 0 Å². The zero-order valence-corrected chi connectivity index (χ0v) is 15.9. The lowest BCUT2D eigenvalue weighted by atomic mass is 9.64. The molecule has 1 aromatic carbocycles. The van der Waals surface area contributed by atoms with E-state index in [4.69, 9.17) is 15.5 Å². The van der Waals surface area contributed by atoms with Crippen LogP contribution in [0.15, 0.2) is 36.5 Å². The third-order valence-electron chi connectivity index (χ3n) is 5.82. The summed E-state index contributed by atoms with van der Waals surface area (Å²) in [4.78, 5) is 9.35. The highest BCUT2D eigenvalue weighted by atomic mass is 16.5. The molecule has 8 heteroatoms. The van der Waals surface area contributed by atoms with Crippen molar-refractivity contribution in [2.24, 2.45) is 18.2 Å². The summed E-state index contributed by atoms with van der Waals surface area (Å²) in [7, 11) is 1.89. The number of aryl methyl sites for hydroxylation is 1. The summed E-state index contributed by atoms with van der Waals surface area (Å²) in [6.45, 7) is 2.33. The van der Waals surface area contributed by atoms with Gasteiger partial charge < -0.3 is 21.1 Å². The minimum atomic E-state index is -0.131. The number of nitrogens with two attached hydrogens (primary N) is 1. The highest BCUT2D eigenvalue weighted by Gasteiger charge is 2.49. The molecule has 1 aliphatic carbocycles. The molecule has 0 unspecified atom stereocenters. The van der Waals surface area contributed by atoms with E-state index >= 15 is 0 Å². The maximum Gasteiger partial charge on any atom is 0.226 e. The van der Waals surface area contributed by atoms with Crippen LogP contribution in [-0.2, 0) is 11.8 Å². The van der Waals surface area contributed by atoms with Gasteiger partial charge in [0.15, 0.2) is 5.65 Å². The molecule has 8 nitrogen and oxygen atoms in total. The lowest BCUT2D eigenvalue weighted by Crippen LogP contribution is -2.56. The first kappa shape index (κ1) is 17.4. The van der Waals surface area contributed by atoms with Crippen LogP contribution in [0.3, 0.4) is 0 Å². The van der Waals surface area contributed by atoms with Gasteiger partial charge in [-0.1, -0.05) is 30.3 Å². The van der Waals surface area contributed by atoms with E-state index in [1.54, 1.807) is 4.68 Å². The molecule has 146 valence electrons. The average molecular weight is 379 g/mol. The van der Waals surface area contributed by atoms with E-state index < -0.39 is 0 Å². The zero-order valence-electron chi connectivity index (χ0n) is 15.9. The molecule has 2 fully saturated rings. The van der Waals surface area contributed by atoms with E-state index in [1.807, 2.05) is 43.6 Å². The van der Waals surface area contributed by atoms with Crippen molar-refractivity contribution in [3.63, 3.8) is 0 Å². The predicted molar refractivity (Wildman–Crippen MR) is 108 cm³/mol. The van der Waals surface area contributed by atoms with Crippen LogP contribution in [0.4, 0.5) is 11.8 Å². The van der Waals surface area contributed by atoms with Gasteiger partial charge in [0.25, 0.3) is 0 Å². The lowest BCUT2D eigenvalue weighted by molar-refractivity contribution is -0.159. The zero-order chi connectivity index (χ0) is 19.1. The Bertz CT molecular complexity index is 975. The molecule has 0 radical (unpaired) electrons. The minimum Gasteiger partial charge on any atom is -0.380 e. The van der Waals surface area contributed by atoms with Gasteiger partial charge in [0.2, 0.25) is 5.95 Å². The standard InChI is InChI=1S/C20H25N7O/c1-27-18-15(9-23-27)17(24-14-7-20(8-14)11-28-12-20)25-19(26-18)22-10-16(21)13-5-3-2-4-6-13/h2-6,9,14,16H,7-8,10-12,21H2,1H3,(H2,22,24,25,26)/t16-/m0/s1. The molecule has 4 N–H and O–H groups in total. The molecule has 5 rings (SSSR count). The number of rotatable bonds is 6. The van der Waals surface area contributed by atoms with E-state index in [2.05, 4.69) is 20.7 Å². The van der Waals surface area contributed by atoms with Crippen molar-refractivity contribution in [1.82, 2.24) is 19.7 Å². The van der Waals surface area contributed by atoms with Crippen LogP contribution < -0.4 is 16.4 Å². The van der Waals surface area contributed by atoms with Crippen molar-refractivity contribution >= 4 is 22.8 Å². The monoisotopic (exact) mass is 379 g/mol. The van der Waals surface area contributed by atoms with Gasteiger partial charge in [-0.15, -0.1) is 0 Å². The molecule has 0 amide bonds. The van der Waals surface area contributed by atoms with Crippen LogP contribution in [0, 0.1) is 5.41 Å². The van der Waals surface area contributed by atoms with Crippen molar-refractivity contribution in [2.75, 3.05) is 30.4 Å². The topological polar surface area (TPSA) is 103 Å². The number of anilines is 2. The molecular formula is C20H25N7O. The summed E-state index contributed by atoms with van der Waals surface area (Å²) >= 11 is 0. The van der Waals surface area contributed by atoms with Gasteiger partial charge in [-0.3, -0.25) is 4.68 Å². The number of ether oxygens (including phenoxy) is 1. The van der Waals surface area contributed by atoms with Crippen molar-refractivity contribution < 1.29 is 4.74 Å². The number of benzene rings is 1. The minimum absolute atomic E-state index is 0.131. The summed E-state index contributed by atoms with van der Waals surface area (Å²) in [6, 6.07) is 10.3. The molecule has 0 bridgehead atoms. The Morgan fingerprint density at radius 3 is 2.75 bits per heavy atom. The molecule has 1 saturated carbocycles. The third kappa shape index (κ3) is 3.08. The summed E-state index contributed by atoms with van der Waals surface area (Å²) in [6.07, 6.45) is 4.07. The fourth-order valence-corrected chi connectivity index (χ4v) is 4.14. The third-order valence-corrected chi connectivity index (χ3v) is 5.82.